The van der Waals surface area contributed by atoms with Gasteiger partial charge in [0.05, 0.1) is 12.5 Å². The summed E-state index contributed by atoms with van der Waals surface area (Å²) < 4.78 is 43.4. The van der Waals surface area contributed by atoms with E-state index in [1.807, 2.05) is 0 Å². The van der Waals surface area contributed by atoms with Gasteiger partial charge < -0.3 is 9.66 Å². The summed E-state index contributed by atoms with van der Waals surface area (Å²) in [6, 6.07) is 5.05. The van der Waals surface area contributed by atoms with Crippen molar-refractivity contribution in [3.8, 4) is 11.1 Å². The molecule has 29 heavy (non-hydrogen) atoms. The van der Waals surface area contributed by atoms with Gasteiger partial charge in [-0.2, -0.15) is 0 Å². The predicted octanol–water partition coefficient (Wildman–Crippen LogP) is 5.12. The van der Waals surface area contributed by atoms with Crippen LogP contribution in [-0.4, -0.2) is 20.4 Å². The molecule has 4 nitrogen and oxygen atoms in total. The topological polar surface area (TPSA) is 72.4 Å². The molecule has 7 heteroatoms. The zero-order valence-electron chi connectivity index (χ0n) is 17.5. The van der Waals surface area contributed by atoms with Crippen molar-refractivity contribution >= 4 is 17.3 Å². The van der Waals surface area contributed by atoms with Crippen LogP contribution in [0.1, 0.15) is 55.5 Å². The number of carboxylic acid groups (broad SMARTS) is 1. The Morgan fingerprint density at radius 2 is 1.66 bits per heavy atom. The van der Waals surface area contributed by atoms with Crippen molar-refractivity contribution in [2.24, 2.45) is 0 Å². The maximum atomic E-state index is 15.0. The van der Waals surface area contributed by atoms with E-state index in [1.165, 1.54) is 12.1 Å². The van der Waals surface area contributed by atoms with E-state index in [-0.39, 0.29) is 11.4 Å². The first-order chi connectivity index (χ1) is 13.3. The van der Waals surface area contributed by atoms with Crippen LogP contribution in [0.3, 0.4) is 0 Å². The maximum absolute atomic E-state index is 15.0. The van der Waals surface area contributed by atoms with Crippen LogP contribution in [0.2, 0.25) is 0 Å². The lowest BCUT2D eigenvalue weighted by atomic mass is 9.90. The lowest BCUT2D eigenvalue weighted by Gasteiger charge is -2.28. The number of aliphatic carboxylic acids is 1. The number of benzene rings is 2. The molecule has 0 saturated carbocycles. The van der Waals surface area contributed by atoms with Gasteiger partial charge in [0.2, 0.25) is 0 Å². The van der Waals surface area contributed by atoms with Crippen molar-refractivity contribution in [2.75, 3.05) is 0 Å². The van der Waals surface area contributed by atoms with Crippen LogP contribution >= 0.6 is 0 Å². The highest BCUT2D eigenvalue weighted by atomic mass is 32.2. The predicted molar refractivity (Wildman–Crippen MR) is 112 cm³/mol. The molecule has 2 aromatic carbocycles. The van der Waals surface area contributed by atoms with Gasteiger partial charge in [0.25, 0.3) is 0 Å². The number of hydrogen-bond acceptors (Lipinski definition) is 3. The molecule has 2 rings (SSSR count). The van der Waals surface area contributed by atoms with Gasteiger partial charge in [-0.1, -0.05) is 0 Å². The summed E-state index contributed by atoms with van der Waals surface area (Å²) in [6.45, 7) is 10.4. The Hall–Kier alpha value is -1.96. The zero-order valence-corrected chi connectivity index (χ0v) is 18.3. The molecule has 2 aromatic rings. The van der Waals surface area contributed by atoms with Crippen molar-refractivity contribution in [3.63, 3.8) is 0 Å². The molecule has 2 N–H and O–H groups in total. The Morgan fingerprint density at radius 3 is 2.14 bits per heavy atom. The summed E-state index contributed by atoms with van der Waals surface area (Å²) >= 11 is -1.59. The summed E-state index contributed by atoms with van der Waals surface area (Å²) in [4.78, 5) is 11.4. The second kappa shape index (κ2) is 8.81. The number of halogens is 2. The van der Waals surface area contributed by atoms with Crippen LogP contribution in [0.25, 0.3) is 11.1 Å². The first-order valence-corrected chi connectivity index (χ1v) is 10.4. The van der Waals surface area contributed by atoms with E-state index in [0.29, 0.717) is 22.3 Å². The molecule has 0 amide bonds. The van der Waals surface area contributed by atoms with Gasteiger partial charge in [-0.3, -0.25) is 4.79 Å². The second-order valence-electron chi connectivity index (χ2n) is 8.26. The summed E-state index contributed by atoms with van der Waals surface area (Å²) in [5.74, 6) is -2.03. The SMILES string of the molecule is Cc1cc(-c2c(C)cc(F)cc2C)cc([C@H](CC(=O)O)N[S@+]([O-])C(C)(C)C)c1F. The van der Waals surface area contributed by atoms with Gasteiger partial charge in [-0.25, -0.2) is 8.78 Å². The van der Waals surface area contributed by atoms with Gasteiger partial charge in [0.1, 0.15) is 16.4 Å². The van der Waals surface area contributed by atoms with E-state index < -0.39 is 40.4 Å². The summed E-state index contributed by atoms with van der Waals surface area (Å²) in [5, 5.41) is 9.32. The van der Waals surface area contributed by atoms with Crippen molar-refractivity contribution in [3.05, 3.63) is 58.2 Å². The quantitative estimate of drug-likeness (QED) is 0.632. The average molecular weight is 424 g/mol. The fraction of sp³-hybridized carbons (Fsp3) is 0.409. The maximum Gasteiger partial charge on any atom is 0.305 e. The third-order valence-corrected chi connectivity index (χ3v) is 6.24. The summed E-state index contributed by atoms with van der Waals surface area (Å²) in [5.41, 5.74) is 3.28. The van der Waals surface area contributed by atoms with Crippen molar-refractivity contribution in [1.82, 2.24) is 4.72 Å². The number of rotatable bonds is 6. The van der Waals surface area contributed by atoms with Crippen LogP contribution in [0.4, 0.5) is 8.78 Å². The van der Waals surface area contributed by atoms with Crippen molar-refractivity contribution in [2.45, 2.75) is 58.8 Å². The van der Waals surface area contributed by atoms with Crippen LogP contribution in [0.5, 0.6) is 0 Å². The fourth-order valence-corrected chi connectivity index (χ4v) is 4.08. The molecular weight excluding hydrogens is 396 g/mol. The Morgan fingerprint density at radius 1 is 1.10 bits per heavy atom. The molecule has 0 heterocycles. The first-order valence-electron chi connectivity index (χ1n) is 9.28. The molecule has 0 bridgehead atoms. The monoisotopic (exact) mass is 423 g/mol. The third-order valence-electron chi connectivity index (χ3n) is 4.63. The molecule has 0 unspecified atom stereocenters. The van der Waals surface area contributed by atoms with Crippen molar-refractivity contribution in [1.29, 1.82) is 0 Å². The minimum atomic E-state index is -1.59. The van der Waals surface area contributed by atoms with Gasteiger partial charge in [0.15, 0.2) is 0 Å². The molecule has 0 radical (unpaired) electrons. The van der Waals surface area contributed by atoms with Gasteiger partial charge >= 0.3 is 5.97 Å². The molecule has 0 fully saturated rings. The van der Waals surface area contributed by atoms with Crippen LogP contribution in [0.15, 0.2) is 24.3 Å². The largest absolute Gasteiger partial charge is 0.598 e. The average Bonchev–Trinajstić information content (AvgIpc) is 2.54. The molecule has 0 saturated heterocycles. The number of nitrogens with one attached hydrogen (secondary N) is 1. The van der Waals surface area contributed by atoms with E-state index in [9.17, 15) is 18.8 Å². The molecule has 158 valence electrons. The normalized spacial score (nSPS) is 14.0. The lowest BCUT2D eigenvalue weighted by molar-refractivity contribution is -0.137. The number of carbonyl (C=O) groups is 1. The third kappa shape index (κ3) is 5.56. The molecule has 0 aliphatic carbocycles. The molecule has 0 aromatic heterocycles. The summed E-state index contributed by atoms with van der Waals surface area (Å²) in [7, 11) is 0. The highest BCUT2D eigenvalue weighted by Gasteiger charge is 2.32. The summed E-state index contributed by atoms with van der Waals surface area (Å²) in [6.07, 6.45) is -0.428. The second-order valence-corrected chi connectivity index (χ2v) is 10.3. The molecular formula is C22H27F2NO3S. The van der Waals surface area contributed by atoms with E-state index in [2.05, 4.69) is 4.72 Å². The van der Waals surface area contributed by atoms with Crippen LogP contribution in [0, 0.1) is 32.4 Å². The molecule has 0 aliphatic rings. The van der Waals surface area contributed by atoms with Crippen LogP contribution < -0.4 is 4.72 Å². The minimum Gasteiger partial charge on any atom is -0.598 e. The van der Waals surface area contributed by atoms with Crippen LogP contribution in [-0.2, 0) is 16.2 Å². The minimum absolute atomic E-state index is 0.128. The highest BCUT2D eigenvalue weighted by molar-refractivity contribution is 7.90. The number of carboxylic acids is 1. The zero-order chi connectivity index (χ0) is 22.1. The molecule has 2 atom stereocenters. The van der Waals surface area contributed by atoms with E-state index in [1.54, 1.807) is 53.7 Å². The van der Waals surface area contributed by atoms with E-state index in [4.69, 9.17) is 0 Å². The van der Waals surface area contributed by atoms with Gasteiger partial charge in [-0.15, -0.1) is 4.72 Å². The highest BCUT2D eigenvalue weighted by Crippen LogP contribution is 2.34. The Balaban J connectivity index is 2.62. The molecule has 0 aliphatic heterocycles. The van der Waals surface area contributed by atoms with E-state index in [0.717, 1.165) is 5.56 Å². The number of hydrogen-bond donors (Lipinski definition) is 2. The molecule has 0 spiro atoms. The smallest absolute Gasteiger partial charge is 0.305 e. The Labute approximate surface area is 173 Å². The van der Waals surface area contributed by atoms with E-state index >= 15 is 4.39 Å². The Kier molecular flexibility index (Phi) is 7.09. The van der Waals surface area contributed by atoms with Crippen molar-refractivity contribution < 1.29 is 23.2 Å². The fourth-order valence-electron chi connectivity index (χ4n) is 3.26. The van der Waals surface area contributed by atoms with Gasteiger partial charge in [-0.05, 0) is 93.6 Å². The lowest BCUT2D eigenvalue weighted by Crippen LogP contribution is -2.42. The first kappa shape index (κ1) is 23.3. The standard InChI is InChI=1S/C22H27F2NO3S/c1-12-8-16(23)9-13(2)20(12)15-7-14(3)21(24)17(10-15)18(11-19(26)27)25-29(28)22(4,5)6/h7-10,18,25H,11H2,1-6H3,(H,26,27)/t18-,29+/m0/s1. The number of aryl methyl sites for hydroxylation is 3. The van der Waals surface area contributed by atoms with Gasteiger partial charge in [0, 0.05) is 16.9 Å². The Bertz CT molecular complexity index is 902.